The van der Waals surface area contributed by atoms with Crippen molar-refractivity contribution in [2.75, 3.05) is 4.90 Å². The second kappa shape index (κ2) is 6.13. The summed E-state index contributed by atoms with van der Waals surface area (Å²) in [7, 11) is 0. The van der Waals surface area contributed by atoms with E-state index in [4.69, 9.17) is 10.5 Å². The molecule has 1 aliphatic rings. The van der Waals surface area contributed by atoms with Crippen LogP contribution in [-0.2, 0) is 16.1 Å². The molecule has 0 aromatic heterocycles. The maximum atomic E-state index is 12.5. The Bertz CT molecular complexity index is 559. The number of aliphatic carboxylic acids is 1. The number of carbonyl (C=O) groups excluding carboxylic acids is 1. The standard InChI is InChI=1S/C15H20N2O4/c1-3-10(15(19)20)17-11-7-9(8-16)5-6-13(11)21-12(4-2)14(17)18/h5-7,10,12H,3-4,8,16H2,1-2H3,(H,19,20). The van der Waals surface area contributed by atoms with Crippen LogP contribution in [0.5, 0.6) is 5.75 Å². The van der Waals surface area contributed by atoms with Gasteiger partial charge in [-0.05, 0) is 30.5 Å². The molecule has 2 rings (SSSR count). The molecule has 6 heteroatoms. The lowest BCUT2D eigenvalue weighted by molar-refractivity contribution is -0.141. The van der Waals surface area contributed by atoms with Gasteiger partial charge in [-0.2, -0.15) is 0 Å². The van der Waals surface area contributed by atoms with Gasteiger partial charge in [0.1, 0.15) is 11.8 Å². The van der Waals surface area contributed by atoms with Crippen LogP contribution in [0.2, 0.25) is 0 Å². The van der Waals surface area contributed by atoms with Gasteiger partial charge in [-0.1, -0.05) is 19.9 Å². The molecule has 0 radical (unpaired) electrons. The molecule has 114 valence electrons. The summed E-state index contributed by atoms with van der Waals surface area (Å²) in [6.07, 6.45) is 0.169. The second-order valence-electron chi connectivity index (χ2n) is 4.99. The predicted octanol–water partition coefficient (Wildman–Crippen LogP) is 1.51. The fourth-order valence-corrected chi connectivity index (χ4v) is 2.50. The van der Waals surface area contributed by atoms with Gasteiger partial charge in [0.15, 0.2) is 6.10 Å². The van der Waals surface area contributed by atoms with Crippen LogP contribution < -0.4 is 15.4 Å². The number of amides is 1. The zero-order chi connectivity index (χ0) is 15.6. The molecule has 21 heavy (non-hydrogen) atoms. The number of carboxylic acids is 1. The van der Waals surface area contributed by atoms with E-state index in [0.717, 1.165) is 5.56 Å². The third-order valence-corrected chi connectivity index (χ3v) is 3.65. The topological polar surface area (TPSA) is 92.9 Å². The largest absolute Gasteiger partial charge is 0.480 e. The molecule has 1 amide bonds. The van der Waals surface area contributed by atoms with E-state index in [1.54, 1.807) is 19.1 Å². The Morgan fingerprint density at radius 1 is 1.48 bits per heavy atom. The summed E-state index contributed by atoms with van der Waals surface area (Å²) in [5, 5.41) is 9.39. The number of hydrogen-bond acceptors (Lipinski definition) is 4. The lowest BCUT2D eigenvalue weighted by Gasteiger charge is -2.37. The number of nitrogens with two attached hydrogens (primary N) is 1. The molecular weight excluding hydrogens is 272 g/mol. The lowest BCUT2D eigenvalue weighted by atomic mass is 10.0. The van der Waals surface area contributed by atoms with Crippen LogP contribution in [0.25, 0.3) is 0 Å². The number of hydrogen-bond donors (Lipinski definition) is 2. The van der Waals surface area contributed by atoms with Gasteiger partial charge in [-0.15, -0.1) is 0 Å². The molecule has 0 aliphatic carbocycles. The maximum Gasteiger partial charge on any atom is 0.326 e. The van der Waals surface area contributed by atoms with Crippen LogP contribution in [-0.4, -0.2) is 29.1 Å². The van der Waals surface area contributed by atoms with Crippen molar-refractivity contribution < 1.29 is 19.4 Å². The Hall–Kier alpha value is -2.08. The maximum absolute atomic E-state index is 12.5. The minimum Gasteiger partial charge on any atom is -0.480 e. The number of carbonyl (C=O) groups is 2. The van der Waals surface area contributed by atoms with Gasteiger partial charge in [0, 0.05) is 6.54 Å². The van der Waals surface area contributed by atoms with Crippen LogP contribution in [0.4, 0.5) is 5.69 Å². The van der Waals surface area contributed by atoms with E-state index in [0.29, 0.717) is 30.8 Å². The van der Waals surface area contributed by atoms with E-state index in [-0.39, 0.29) is 5.91 Å². The van der Waals surface area contributed by atoms with Crippen molar-refractivity contribution in [1.82, 2.24) is 0 Å². The Labute approximate surface area is 123 Å². The first-order valence-electron chi connectivity index (χ1n) is 7.08. The fraction of sp³-hybridized carbons (Fsp3) is 0.467. The van der Waals surface area contributed by atoms with E-state index >= 15 is 0 Å². The molecule has 2 unspecified atom stereocenters. The number of anilines is 1. The van der Waals surface area contributed by atoms with Gasteiger partial charge < -0.3 is 15.6 Å². The van der Waals surface area contributed by atoms with Crippen molar-refractivity contribution in [3.63, 3.8) is 0 Å². The zero-order valence-electron chi connectivity index (χ0n) is 12.2. The fourth-order valence-electron chi connectivity index (χ4n) is 2.50. The zero-order valence-corrected chi connectivity index (χ0v) is 12.2. The lowest BCUT2D eigenvalue weighted by Crippen LogP contribution is -2.53. The van der Waals surface area contributed by atoms with Crippen molar-refractivity contribution in [2.45, 2.75) is 45.4 Å². The molecule has 0 bridgehead atoms. The van der Waals surface area contributed by atoms with Crippen molar-refractivity contribution >= 4 is 17.6 Å². The second-order valence-corrected chi connectivity index (χ2v) is 4.99. The minimum atomic E-state index is -1.02. The van der Waals surface area contributed by atoms with E-state index < -0.39 is 18.1 Å². The highest BCUT2D eigenvalue weighted by Crippen LogP contribution is 2.37. The van der Waals surface area contributed by atoms with Gasteiger partial charge >= 0.3 is 5.97 Å². The number of ether oxygens (including phenoxy) is 1. The average molecular weight is 292 g/mol. The summed E-state index contributed by atoms with van der Waals surface area (Å²) < 4.78 is 5.67. The Morgan fingerprint density at radius 2 is 2.19 bits per heavy atom. The summed E-state index contributed by atoms with van der Waals surface area (Å²) in [6, 6.07) is 4.39. The Morgan fingerprint density at radius 3 is 2.71 bits per heavy atom. The molecule has 2 atom stereocenters. The molecule has 1 aromatic rings. The summed E-state index contributed by atoms with van der Waals surface area (Å²) in [6.45, 7) is 3.90. The molecule has 3 N–H and O–H groups in total. The first kappa shape index (κ1) is 15.3. The number of rotatable bonds is 5. The normalized spacial score (nSPS) is 18.9. The SMILES string of the molecule is CCC1Oc2ccc(CN)cc2N(C(CC)C(=O)O)C1=O. The number of nitrogens with zero attached hydrogens (tertiary/aromatic N) is 1. The molecule has 6 nitrogen and oxygen atoms in total. The summed E-state index contributed by atoms with van der Waals surface area (Å²) >= 11 is 0. The predicted molar refractivity (Wildman–Crippen MR) is 78.2 cm³/mol. The van der Waals surface area contributed by atoms with E-state index in [2.05, 4.69) is 0 Å². The van der Waals surface area contributed by atoms with E-state index in [1.165, 1.54) is 4.90 Å². The number of fused-ring (bicyclic) bond motifs is 1. The quantitative estimate of drug-likeness (QED) is 0.858. The average Bonchev–Trinajstić information content (AvgIpc) is 2.48. The first-order valence-corrected chi connectivity index (χ1v) is 7.08. The monoisotopic (exact) mass is 292 g/mol. The molecule has 0 fully saturated rings. The molecule has 0 spiro atoms. The smallest absolute Gasteiger partial charge is 0.326 e. The van der Waals surface area contributed by atoms with Crippen LogP contribution >= 0.6 is 0 Å². The number of benzene rings is 1. The van der Waals surface area contributed by atoms with Crippen LogP contribution in [0.1, 0.15) is 32.3 Å². The van der Waals surface area contributed by atoms with Crippen molar-refractivity contribution in [3.8, 4) is 5.75 Å². The highest BCUT2D eigenvalue weighted by Gasteiger charge is 2.39. The van der Waals surface area contributed by atoms with Crippen molar-refractivity contribution in [3.05, 3.63) is 23.8 Å². The van der Waals surface area contributed by atoms with Gasteiger partial charge in [-0.3, -0.25) is 9.69 Å². The highest BCUT2D eigenvalue weighted by atomic mass is 16.5. The molecule has 1 aliphatic heterocycles. The Balaban J connectivity index is 2.55. The van der Waals surface area contributed by atoms with E-state index in [1.807, 2.05) is 13.0 Å². The van der Waals surface area contributed by atoms with Gasteiger partial charge in [0.05, 0.1) is 5.69 Å². The molecule has 0 saturated heterocycles. The first-order chi connectivity index (χ1) is 10.0. The third kappa shape index (κ3) is 2.71. The molecule has 1 aromatic carbocycles. The highest BCUT2D eigenvalue weighted by molar-refractivity contribution is 6.04. The van der Waals surface area contributed by atoms with Crippen LogP contribution in [0.15, 0.2) is 18.2 Å². The van der Waals surface area contributed by atoms with Gasteiger partial charge in [0.2, 0.25) is 0 Å². The van der Waals surface area contributed by atoms with Crippen molar-refractivity contribution in [1.29, 1.82) is 0 Å². The molecule has 1 heterocycles. The van der Waals surface area contributed by atoms with E-state index in [9.17, 15) is 14.7 Å². The molecule has 0 saturated carbocycles. The van der Waals surface area contributed by atoms with Gasteiger partial charge in [0.25, 0.3) is 5.91 Å². The Kier molecular flexibility index (Phi) is 4.47. The molecular formula is C15H20N2O4. The summed E-state index contributed by atoms with van der Waals surface area (Å²) in [5.74, 6) is -0.807. The number of carboxylic acid groups (broad SMARTS) is 1. The van der Waals surface area contributed by atoms with Gasteiger partial charge in [-0.25, -0.2) is 4.79 Å². The third-order valence-electron chi connectivity index (χ3n) is 3.65. The van der Waals surface area contributed by atoms with Crippen LogP contribution in [0, 0.1) is 0 Å². The summed E-state index contributed by atoms with van der Waals surface area (Å²) in [4.78, 5) is 25.3. The van der Waals surface area contributed by atoms with Crippen molar-refractivity contribution in [2.24, 2.45) is 5.73 Å². The summed E-state index contributed by atoms with van der Waals surface area (Å²) in [5.41, 5.74) is 6.94. The minimum absolute atomic E-state index is 0.312. The van der Waals surface area contributed by atoms with Crippen LogP contribution in [0.3, 0.4) is 0 Å².